The Balaban J connectivity index is 2.09. The number of esters is 1. The van der Waals surface area contributed by atoms with E-state index in [1.165, 1.54) is 7.11 Å². The first-order chi connectivity index (χ1) is 7.76. The number of hydrogen-bond donors (Lipinski definition) is 1. The van der Waals surface area contributed by atoms with Crippen LogP contribution >= 0.6 is 0 Å². The molecule has 1 aromatic rings. The fourth-order valence-electron chi connectivity index (χ4n) is 1.34. The van der Waals surface area contributed by atoms with Crippen molar-refractivity contribution in [2.45, 2.75) is 38.8 Å². The average molecular weight is 227 g/mol. The molecule has 0 bridgehead atoms. The first kappa shape index (κ1) is 12.6. The van der Waals surface area contributed by atoms with E-state index in [0.717, 1.165) is 25.8 Å². The number of nitrogens with zero attached hydrogens (tertiary/aromatic N) is 3. The van der Waals surface area contributed by atoms with Gasteiger partial charge in [0.15, 0.2) is 0 Å². The quantitative estimate of drug-likeness (QED) is 0.542. The fourth-order valence-corrected chi connectivity index (χ4v) is 1.34. The monoisotopic (exact) mass is 227 g/mol. The molecule has 1 N–H and O–H groups in total. The maximum atomic E-state index is 10.8. The van der Waals surface area contributed by atoms with Crippen LogP contribution in [0, 0.1) is 0 Å². The molecule has 0 spiro atoms. The smallest absolute Gasteiger partial charge is 0.305 e. The minimum absolute atomic E-state index is 0.0810. The lowest BCUT2D eigenvalue weighted by atomic mass is 10.2. The first-order valence-corrected chi connectivity index (χ1v) is 5.33. The van der Waals surface area contributed by atoms with Crippen LogP contribution in [0.2, 0.25) is 0 Å². The van der Waals surface area contributed by atoms with Crippen molar-refractivity contribution >= 4 is 5.97 Å². The molecule has 0 atom stereocenters. The third kappa shape index (κ3) is 4.39. The lowest BCUT2D eigenvalue weighted by Crippen LogP contribution is -2.01. The third-order valence-electron chi connectivity index (χ3n) is 2.24. The van der Waals surface area contributed by atoms with Gasteiger partial charge in [0.25, 0.3) is 0 Å². The molecule has 1 rings (SSSR count). The molecular formula is C10H17N3O3. The summed E-state index contributed by atoms with van der Waals surface area (Å²) in [5.41, 5.74) is 0.578. The molecule has 0 saturated heterocycles. The van der Waals surface area contributed by atoms with E-state index in [1.807, 2.05) is 0 Å². The summed E-state index contributed by atoms with van der Waals surface area (Å²) in [4.78, 5) is 10.8. The molecule has 1 aromatic heterocycles. The van der Waals surface area contributed by atoms with Crippen LogP contribution in [0.4, 0.5) is 0 Å². The van der Waals surface area contributed by atoms with Crippen molar-refractivity contribution in [2.75, 3.05) is 7.11 Å². The van der Waals surface area contributed by atoms with E-state index in [2.05, 4.69) is 15.0 Å². The number of aliphatic hydroxyl groups excluding tert-OH is 1. The second-order valence-electron chi connectivity index (χ2n) is 3.52. The molecule has 0 saturated carbocycles. The Morgan fingerprint density at radius 1 is 1.50 bits per heavy atom. The Labute approximate surface area is 94.2 Å². The average Bonchev–Trinajstić information content (AvgIpc) is 2.76. The number of hydrogen-bond acceptors (Lipinski definition) is 5. The molecule has 90 valence electrons. The molecule has 0 fully saturated rings. The zero-order valence-electron chi connectivity index (χ0n) is 9.43. The van der Waals surface area contributed by atoms with Crippen molar-refractivity contribution in [2.24, 2.45) is 0 Å². The highest BCUT2D eigenvalue weighted by molar-refractivity contribution is 5.68. The minimum Gasteiger partial charge on any atom is -0.469 e. The Morgan fingerprint density at radius 3 is 2.94 bits per heavy atom. The molecule has 0 amide bonds. The van der Waals surface area contributed by atoms with E-state index in [1.54, 1.807) is 10.9 Å². The number of aryl methyl sites for hydroxylation is 1. The summed E-state index contributed by atoms with van der Waals surface area (Å²) in [5.74, 6) is -0.164. The van der Waals surface area contributed by atoms with Crippen LogP contribution in [0.3, 0.4) is 0 Å². The van der Waals surface area contributed by atoms with Gasteiger partial charge in [-0.25, -0.2) is 0 Å². The SMILES string of the molecule is COC(=O)CCCCCn1cc(CO)nn1. The predicted octanol–water partition coefficient (Wildman–Crippen LogP) is 0.504. The van der Waals surface area contributed by atoms with E-state index in [9.17, 15) is 4.79 Å². The van der Waals surface area contributed by atoms with Gasteiger partial charge in [-0.2, -0.15) is 0 Å². The van der Waals surface area contributed by atoms with Gasteiger partial charge in [0.05, 0.1) is 19.9 Å². The van der Waals surface area contributed by atoms with E-state index >= 15 is 0 Å². The standard InChI is InChI=1S/C10H17N3O3/c1-16-10(15)5-3-2-4-6-13-7-9(8-14)11-12-13/h7,14H,2-6,8H2,1H3. The lowest BCUT2D eigenvalue weighted by molar-refractivity contribution is -0.140. The second-order valence-corrected chi connectivity index (χ2v) is 3.52. The summed E-state index contributed by atoms with van der Waals surface area (Å²) >= 11 is 0. The van der Waals surface area contributed by atoms with Gasteiger partial charge >= 0.3 is 5.97 Å². The summed E-state index contributed by atoms with van der Waals surface area (Å²) < 4.78 is 6.24. The Hall–Kier alpha value is -1.43. The highest BCUT2D eigenvalue weighted by Crippen LogP contribution is 2.03. The van der Waals surface area contributed by atoms with Crippen LogP contribution in [-0.4, -0.2) is 33.2 Å². The van der Waals surface area contributed by atoms with Crippen LogP contribution < -0.4 is 0 Å². The summed E-state index contributed by atoms with van der Waals surface area (Å²) in [5, 5.41) is 16.4. The van der Waals surface area contributed by atoms with Crippen molar-refractivity contribution in [1.82, 2.24) is 15.0 Å². The summed E-state index contributed by atoms with van der Waals surface area (Å²) in [6.07, 6.45) is 4.90. The number of methoxy groups -OCH3 is 1. The maximum Gasteiger partial charge on any atom is 0.305 e. The van der Waals surface area contributed by atoms with E-state index in [-0.39, 0.29) is 12.6 Å². The number of unbranched alkanes of at least 4 members (excludes halogenated alkanes) is 2. The molecule has 0 aliphatic carbocycles. The molecule has 6 nitrogen and oxygen atoms in total. The highest BCUT2D eigenvalue weighted by Gasteiger charge is 2.01. The van der Waals surface area contributed by atoms with Gasteiger partial charge in [-0.1, -0.05) is 11.6 Å². The molecule has 0 radical (unpaired) electrons. The Bertz CT molecular complexity index is 325. The van der Waals surface area contributed by atoms with E-state index in [0.29, 0.717) is 12.1 Å². The summed E-state index contributed by atoms with van der Waals surface area (Å²) in [7, 11) is 1.40. The molecule has 1 heterocycles. The summed E-state index contributed by atoms with van der Waals surface area (Å²) in [6, 6.07) is 0. The number of carbonyl (C=O) groups excluding carboxylic acids is 1. The van der Waals surface area contributed by atoms with Crippen LogP contribution in [0.15, 0.2) is 6.20 Å². The molecule has 0 aromatic carbocycles. The zero-order chi connectivity index (χ0) is 11.8. The molecule has 6 heteroatoms. The Kier molecular flexibility index (Phi) is 5.49. The molecule has 0 unspecified atom stereocenters. The predicted molar refractivity (Wildman–Crippen MR) is 56.4 cm³/mol. The van der Waals surface area contributed by atoms with Crippen molar-refractivity contribution < 1.29 is 14.6 Å². The lowest BCUT2D eigenvalue weighted by Gasteiger charge is -2.00. The van der Waals surface area contributed by atoms with Gasteiger partial charge < -0.3 is 9.84 Å². The van der Waals surface area contributed by atoms with Gasteiger partial charge in [-0.05, 0) is 12.8 Å². The maximum absolute atomic E-state index is 10.8. The number of aromatic nitrogens is 3. The van der Waals surface area contributed by atoms with Crippen molar-refractivity contribution in [3.05, 3.63) is 11.9 Å². The zero-order valence-corrected chi connectivity index (χ0v) is 9.43. The van der Waals surface area contributed by atoms with Gasteiger partial charge in [0.2, 0.25) is 0 Å². The van der Waals surface area contributed by atoms with Crippen LogP contribution in [-0.2, 0) is 22.7 Å². The van der Waals surface area contributed by atoms with E-state index in [4.69, 9.17) is 5.11 Å². The summed E-state index contributed by atoms with van der Waals surface area (Å²) in [6.45, 7) is 0.677. The van der Waals surface area contributed by atoms with Crippen LogP contribution in [0.5, 0.6) is 0 Å². The fraction of sp³-hybridized carbons (Fsp3) is 0.700. The first-order valence-electron chi connectivity index (χ1n) is 5.33. The molecule has 0 aliphatic heterocycles. The number of aliphatic hydroxyl groups is 1. The number of carbonyl (C=O) groups is 1. The van der Waals surface area contributed by atoms with Crippen LogP contribution in [0.1, 0.15) is 31.4 Å². The topological polar surface area (TPSA) is 77.2 Å². The minimum atomic E-state index is -0.164. The highest BCUT2D eigenvalue weighted by atomic mass is 16.5. The normalized spacial score (nSPS) is 10.4. The molecular weight excluding hydrogens is 210 g/mol. The molecule has 16 heavy (non-hydrogen) atoms. The van der Waals surface area contributed by atoms with Crippen molar-refractivity contribution in [3.63, 3.8) is 0 Å². The number of ether oxygens (including phenoxy) is 1. The van der Waals surface area contributed by atoms with Gasteiger partial charge in [-0.15, -0.1) is 5.10 Å². The van der Waals surface area contributed by atoms with Crippen LogP contribution in [0.25, 0.3) is 0 Å². The third-order valence-corrected chi connectivity index (χ3v) is 2.24. The second kappa shape index (κ2) is 6.95. The Morgan fingerprint density at radius 2 is 2.31 bits per heavy atom. The van der Waals surface area contributed by atoms with Gasteiger partial charge in [0.1, 0.15) is 5.69 Å². The number of rotatable bonds is 7. The van der Waals surface area contributed by atoms with Crippen molar-refractivity contribution in [1.29, 1.82) is 0 Å². The molecule has 0 aliphatic rings. The largest absolute Gasteiger partial charge is 0.469 e. The van der Waals surface area contributed by atoms with Crippen molar-refractivity contribution in [3.8, 4) is 0 Å². The van der Waals surface area contributed by atoms with Gasteiger partial charge in [-0.3, -0.25) is 9.48 Å². The van der Waals surface area contributed by atoms with E-state index < -0.39 is 0 Å². The van der Waals surface area contributed by atoms with Gasteiger partial charge in [0, 0.05) is 13.0 Å².